The molecule has 1 saturated carbocycles. The summed E-state index contributed by atoms with van der Waals surface area (Å²) in [4.78, 5) is 24.0. The predicted octanol–water partition coefficient (Wildman–Crippen LogP) is 2.34. The Balaban J connectivity index is 1.82. The van der Waals surface area contributed by atoms with E-state index in [0.29, 0.717) is 25.0 Å². The van der Waals surface area contributed by atoms with Gasteiger partial charge in [-0.1, -0.05) is 25.1 Å². The zero-order valence-electron chi connectivity index (χ0n) is 13.8. The average Bonchev–Trinajstić information content (AvgIpc) is 3.07. The minimum Gasteiger partial charge on any atom is -0.479 e. The van der Waals surface area contributed by atoms with Gasteiger partial charge in [0.15, 0.2) is 12.7 Å². The first-order valence-electron chi connectivity index (χ1n) is 8.19. The second kappa shape index (κ2) is 8.34. The zero-order chi connectivity index (χ0) is 17.4. The van der Waals surface area contributed by atoms with Crippen molar-refractivity contribution in [3.8, 4) is 11.8 Å². The molecule has 2 rings (SSSR count). The second-order valence-electron chi connectivity index (χ2n) is 5.88. The summed E-state index contributed by atoms with van der Waals surface area (Å²) in [5, 5.41) is 11.9. The molecule has 1 N–H and O–H groups in total. The molecule has 6 heteroatoms. The minimum atomic E-state index is -0.811. The highest BCUT2D eigenvalue weighted by molar-refractivity contribution is 5.83. The van der Waals surface area contributed by atoms with Crippen LogP contribution in [0.2, 0.25) is 0 Å². The number of nitrogens with zero attached hydrogens (tertiary/aromatic N) is 1. The molecule has 1 aromatic rings. The van der Waals surface area contributed by atoms with E-state index >= 15 is 0 Å². The number of esters is 1. The Kier molecular flexibility index (Phi) is 6.19. The van der Waals surface area contributed by atoms with Gasteiger partial charge in [-0.3, -0.25) is 4.79 Å². The third kappa shape index (κ3) is 4.72. The Labute approximate surface area is 141 Å². The molecule has 1 aliphatic rings. The Bertz CT molecular complexity index is 603. The summed E-state index contributed by atoms with van der Waals surface area (Å²) in [6.07, 6.45) is 2.76. The smallest absolute Gasteiger partial charge is 0.347 e. The van der Waals surface area contributed by atoms with E-state index in [1.54, 1.807) is 19.1 Å². The Morgan fingerprint density at radius 1 is 1.29 bits per heavy atom. The van der Waals surface area contributed by atoms with Crippen molar-refractivity contribution in [1.82, 2.24) is 5.32 Å². The van der Waals surface area contributed by atoms with E-state index in [2.05, 4.69) is 11.4 Å². The van der Waals surface area contributed by atoms with Gasteiger partial charge in [0.05, 0.1) is 6.07 Å². The number of nitriles is 1. The lowest BCUT2D eigenvalue weighted by atomic mass is 10.00. The lowest BCUT2D eigenvalue weighted by molar-refractivity contribution is -0.155. The predicted molar refractivity (Wildman–Crippen MR) is 87.1 cm³/mol. The van der Waals surface area contributed by atoms with Crippen LogP contribution in [0.1, 0.15) is 39.0 Å². The maximum absolute atomic E-state index is 12.1. The van der Waals surface area contributed by atoms with Crippen molar-refractivity contribution in [2.75, 3.05) is 6.61 Å². The van der Waals surface area contributed by atoms with Crippen molar-refractivity contribution in [3.63, 3.8) is 0 Å². The first-order chi connectivity index (χ1) is 11.6. The molecule has 128 valence electrons. The van der Waals surface area contributed by atoms with Crippen LogP contribution < -0.4 is 10.1 Å². The first-order valence-corrected chi connectivity index (χ1v) is 8.19. The Morgan fingerprint density at radius 3 is 2.54 bits per heavy atom. The number of nitrogens with one attached hydrogen (secondary N) is 1. The lowest BCUT2D eigenvalue weighted by Gasteiger charge is -2.22. The van der Waals surface area contributed by atoms with Gasteiger partial charge in [0.1, 0.15) is 11.3 Å². The fraction of sp³-hybridized carbons (Fsp3) is 0.500. The molecule has 1 fully saturated rings. The van der Waals surface area contributed by atoms with Crippen LogP contribution in [0.3, 0.4) is 0 Å². The molecular weight excluding hydrogens is 308 g/mol. The van der Waals surface area contributed by atoms with Gasteiger partial charge in [-0.25, -0.2) is 4.79 Å². The number of amides is 1. The van der Waals surface area contributed by atoms with E-state index in [9.17, 15) is 14.9 Å². The quantitative estimate of drug-likeness (QED) is 0.775. The number of ether oxygens (including phenoxy) is 2. The van der Waals surface area contributed by atoms with Gasteiger partial charge < -0.3 is 14.8 Å². The number of para-hydroxylation sites is 1. The summed E-state index contributed by atoms with van der Waals surface area (Å²) in [5.74, 6) is -0.476. The van der Waals surface area contributed by atoms with Crippen molar-refractivity contribution in [3.05, 3.63) is 30.3 Å². The van der Waals surface area contributed by atoms with Gasteiger partial charge >= 0.3 is 5.97 Å². The van der Waals surface area contributed by atoms with Gasteiger partial charge in [-0.2, -0.15) is 5.26 Å². The third-order valence-corrected chi connectivity index (χ3v) is 4.05. The summed E-state index contributed by atoms with van der Waals surface area (Å²) < 4.78 is 10.6. The van der Waals surface area contributed by atoms with E-state index in [-0.39, 0.29) is 0 Å². The minimum absolute atomic E-state index is 0.406. The van der Waals surface area contributed by atoms with Crippen molar-refractivity contribution in [2.24, 2.45) is 0 Å². The van der Waals surface area contributed by atoms with Crippen molar-refractivity contribution >= 4 is 11.9 Å². The third-order valence-electron chi connectivity index (χ3n) is 4.05. The lowest BCUT2D eigenvalue weighted by Crippen LogP contribution is -2.47. The molecule has 1 aromatic carbocycles. The molecule has 1 aliphatic carbocycles. The number of rotatable bonds is 7. The molecule has 0 aromatic heterocycles. The fourth-order valence-electron chi connectivity index (χ4n) is 2.74. The highest BCUT2D eigenvalue weighted by atomic mass is 16.6. The number of carbonyl (C=O) groups excluding carboxylic acids is 2. The second-order valence-corrected chi connectivity index (χ2v) is 5.88. The van der Waals surface area contributed by atoms with Crippen molar-refractivity contribution in [1.29, 1.82) is 5.26 Å². The van der Waals surface area contributed by atoms with Crippen LogP contribution >= 0.6 is 0 Å². The molecule has 0 radical (unpaired) electrons. The van der Waals surface area contributed by atoms with E-state index < -0.39 is 30.1 Å². The summed E-state index contributed by atoms with van der Waals surface area (Å²) >= 11 is 0. The van der Waals surface area contributed by atoms with E-state index in [0.717, 1.165) is 12.8 Å². The molecule has 0 aliphatic heterocycles. The SMILES string of the molecule is CC[C@H](Oc1ccccc1)C(=O)OCC(=O)NC1(C#N)CCCC1. The van der Waals surface area contributed by atoms with E-state index in [4.69, 9.17) is 9.47 Å². The molecule has 0 heterocycles. The molecular formula is C18H22N2O4. The van der Waals surface area contributed by atoms with Crippen LogP contribution in [0, 0.1) is 11.3 Å². The number of benzene rings is 1. The molecule has 6 nitrogen and oxygen atoms in total. The average molecular weight is 330 g/mol. The van der Waals surface area contributed by atoms with Gasteiger partial charge in [0, 0.05) is 0 Å². The molecule has 0 spiro atoms. The fourth-order valence-corrected chi connectivity index (χ4v) is 2.74. The molecule has 0 unspecified atom stereocenters. The summed E-state index contributed by atoms with van der Waals surface area (Å²) in [6.45, 7) is 1.40. The zero-order valence-corrected chi connectivity index (χ0v) is 13.8. The number of hydrogen-bond acceptors (Lipinski definition) is 5. The number of hydrogen-bond donors (Lipinski definition) is 1. The Hall–Kier alpha value is -2.55. The number of carbonyl (C=O) groups is 2. The topological polar surface area (TPSA) is 88.4 Å². The van der Waals surface area contributed by atoms with Crippen LogP contribution in [0.15, 0.2) is 30.3 Å². The van der Waals surface area contributed by atoms with E-state index in [1.165, 1.54) is 0 Å². The molecule has 24 heavy (non-hydrogen) atoms. The molecule has 1 atom stereocenters. The summed E-state index contributed by atoms with van der Waals surface area (Å²) in [6, 6.07) is 11.1. The monoisotopic (exact) mass is 330 g/mol. The first kappa shape index (κ1) is 17.8. The van der Waals surface area contributed by atoms with Crippen LogP contribution in [0.5, 0.6) is 5.75 Å². The van der Waals surface area contributed by atoms with Gasteiger partial charge in [0.25, 0.3) is 5.91 Å². The normalized spacial score (nSPS) is 16.7. The van der Waals surface area contributed by atoms with Crippen LogP contribution in [0.4, 0.5) is 0 Å². The summed E-state index contributed by atoms with van der Waals surface area (Å²) in [5.41, 5.74) is -0.811. The van der Waals surface area contributed by atoms with Gasteiger partial charge in [-0.05, 0) is 44.2 Å². The standard InChI is InChI=1S/C18H22N2O4/c1-2-15(24-14-8-4-3-5-9-14)17(22)23-12-16(21)20-18(13-19)10-6-7-11-18/h3-5,8-9,15H,2,6-7,10-12H2,1H3,(H,20,21)/t15-/m0/s1. The van der Waals surface area contributed by atoms with Crippen LogP contribution in [-0.2, 0) is 14.3 Å². The van der Waals surface area contributed by atoms with Crippen molar-refractivity contribution < 1.29 is 19.1 Å². The summed E-state index contributed by atoms with van der Waals surface area (Å²) in [7, 11) is 0. The molecule has 0 bridgehead atoms. The van der Waals surface area contributed by atoms with Gasteiger partial charge in [0.2, 0.25) is 0 Å². The van der Waals surface area contributed by atoms with E-state index in [1.807, 2.05) is 18.2 Å². The van der Waals surface area contributed by atoms with Crippen molar-refractivity contribution in [2.45, 2.75) is 50.7 Å². The molecule has 0 saturated heterocycles. The maximum Gasteiger partial charge on any atom is 0.347 e. The Morgan fingerprint density at radius 2 is 1.96 bits per heavy atom. The van der Waals surface area contributed by atoms with Crippen LogP contribution in [-0.4, -0.2) is 30.1 Å². The molecule has 1 amide bonds. The largest absolute Gasteiger partial charge is 0.479 e. The van der Waals surface area contributed by atoms with Gasteiger partial charge in [-0.15, -0.1) is 0 Å². The van der Waals surface area contributed by atoms with Crippen LogP contribution in [0.25, 0.3) is 0 Å². The highest BCUT2D eigenvalue weighted by Gasteiger charge is 2.35. The highest BCUT2D eigenvalue weighted by Crippen LogP contribution is 2.28. The maximum atomic E-state index is 12.1.